The van der Waals surface area contributed by atoms with E-state index in [9.17, 15) is 0 Å². The van der Waals surface area contributed by atoms with Crippen LogP contribution in [0.4, 0.5) is 0 Å². The molecule has 1 aliphatic heterocycles. The quantitative estimate of drug-likeness (QED) is 0.636. The molecule has 1 aromatic carbocycles. The van der Waals surface area contributed by atoms with Crippen LogP contribution < -0.4 is 19.5 Å². The van der Waals surface area contributed by atoms with E-state index in [1.807, 2.05) is 19.1 Å². The van der Waals surface area contributed by atoms with Crippen molar-refractivity contribution in [3.63, 3.8) is 0 Å². The fraction of sp³-hybridized carbons (Fsp3) is 0.350. The summed E-state index contributed by atoms with van der Waals surface area (Å²) in [5, 5.41) is 11.2. The maximum absolute atomic E-state index is 5.73. The number of nitrogens with zero attached hydrogens (tertiary/aromatic N) is 1. The number of methoxy groups -OCH3 is 1. The molecule has 1 N–H and O–H groups in total. The van der Waals surface area contributed by atoms with E-state index in [0.717, 1.165) is 39.9 Å². The fourth-order valence-corrected chi connectivity index (χ4v) is 4.65. The standard InChI is InChI=1S/C20H22N2O3S2/c1-13-11-27-20(22-13)16(7-14-3-6-26-12-14)21-10-15-8-18-19(9-17(15)23-2)25-5-4-24-18/h3,6,8-9,11-12,16,21H,4-5,7,10H2,1-2H3/t16-/m1/s1. The number of aromatic nitrogens is 1. The molecule has 0 radical (unpaired) electrons. The van der Waals surface area contributed by atoms with Crippen molar-refractivity contribution in [3.05, 3.63) is 56.2 Å². The Hall–Kier alpha value is -2.09. The Morgan fingerprint density at radius 1 is 1.22 bits per heavy atom. The second-order valence-electron chi connectivity index (χ2n) is 6.40. The lowest BCUT2D eigenvalue weighted by atomic mass is 10.1. The van der Waals surface area contributed by atoms with Gasteiger partial charge in [-0.15, -0.1) is 11.3 Å². The maximum atomic E-state index is 5.73. The predicted octanol–water partition coefficient (Wildman–Crippen LogP) is 4.37. The van der Waals surface area contributed by atoms with Gasteiger partial charge in [-0.1, -0.05) is 0 Å². The van der Waals surface area contributed by atoms with Crippen LogP contribution in [0.25, 0.3) is 0 Å². The Labute approximate surface area is 166 Å². The molecular weight excluding hydrogens is 380 g/mol. The Morgan fingerprint density at radius 3 is 2.70 bits per heavy atom. The first-order valence-electron chi connectivity index (χ1n) is 8.86. The summed E-state index contributed by atoms with van der Waals surface area (Å²) in [7, 11) is 1.68. The van der Waals surface area contributed by atoms with Crippen LogP contribution in [0.1, 0.15) is 27.9 Å². The topological polar surface area (TPSA) is 52.6 Å². The van der Waals surface area contributed by atoms with Gasteiger partial charge in [0.15, 0.2) is 11.5 Å². The lowest BCUT2D eigenvalue weighted by molar-refractivity contribution is 0.170. The van der Waals surface area contributed by atoms with Crippen LogP contribution in [0.5, 0.6) is 17.2 Å². The van der Waals surface area contributed by atoms with Gasteiger partial charge < -0.3 is 19.5 Å². The number of nitrogens with one attached hydrogen (secondary N) is 1. The van der Waals surface area contributed by atoms with Gasteiger partial charge in [-0.3, -0.25) is 0 Å². The third kappa shape index (κ3) is 4.26. The number of thiophene rings is 1. The van der Waals surface area contributed by atoms with E-state index in [1.165, 1.54) is 5.56 Å². The number of fused-ring (bicyclic) bond motifs is 1. The zero-order chi connectivity index (χ0) is 18.6. The summed E-state index contributed by atoms with van der Waals surface area (Å²) in [5.74, 6) is 2.32. The van der Waals surface area contributed by atoms with Gasteiger partial charge >= 0.3 is 0 Å². The van der Waals surface area contributed by atoms with E-state index < -0.39 is 0 Å². The van der Waals surface area contributed by atoms with E-state index in [-0.39, 0.29) is 6.04 Å². The zero-order valence-corrected chi connectivity index (χ0v) is 17.0. The summed E-state index contributed by atoms with van der Waals surface area (Å²) >= 11 is 3.42. The van der Waals surface area contributed by atoms with Gasteiger partial charge in [0.05, 0.1) is 13.2 Å². The average molecular weight is 403 g/mol. The Morgan fingerprint density at radius 2 is 2.04 bits per heavy atom. The highest BCUT2D eigenvalue weighted by Gasteiger charge is 2.19. The van der Waals surface area contributed by atoms with Gasteiger partial charge in [0.25, 0.3) is 0 Å². The molecule has 0 bridgehead atoms. The number of aryl methyl sites for hydroxylation is 1. The van der Waals surface area contributed by atoms with Gasteiger partial charge in [-0.2, -0.15) is 11.3 Å². The van der Waals surface area contributed by atoms with Crippen LogP contribution in [0, 0.1) is 6.92 Å². The van der Waals surface area contributed by atoms with Crippen LogP contribution in [0.3, 0.4) is 0 Å². The Bertz CT molecular complexity index is 893. The molecule has 1 atom stereocenters. The number of benzene rings is 1. The summed E-state index contributed by atoms with van der Waals surface area (Å²) in [6, 6.07) is 6.24. The summed E-state index contributed by atoms with van der Waals surface area (Å²) in [5.41, 5.74) is 3.42. The SMILES string of the molecule is COc1cc2c(cc1CN[C@H](Cc1ccsc1)c1nc(C)cs1)OCCO2. The molecule has 3 aromatic rings. The minimum absolute atomic E-state index is 0.149. The summed E-state index contributed by atoms with van der Waals surface area (Å²) in [6.45, 7) is 3.84. The van der Waals surface area contributed by atoms with Crippen molar-refractivity contribution in [2.45, 2.75) is 25.9 Å². The number of rotatable bonds is 7. The zero-order valence-electron chi connectivity index (χ0n) is 15.4. The van der Waals surface area contributed by atoms with Gasteiger partial charge in [0, 0.05) is 29.2 Å². The minimum Gasteiger partial charge on any atom is -0.496 e. The highest BCUT2D eigenvalue weighted by molar-refractivity contribution is 7.09. The minimum atomic E-state index is 0.149. The van der Waals surface area contributed by atoms with E-state index >= 15 is 0 Å². The molecule has 4 rings (SSSR count). The van der Waals surface area contributed by atoms with E-state index in [2.05, 4.69) is 27.5 Å². The summed E-state index contributed by atoms with van der Waals surface area (Å²) < 4.78 is 17.0. The van der Waals surface area contributed by atoms with Gasteiger partial charge in [0.1, 0.15) is 24.0 Å². The Kier molecular flexibility index (Phi) is 5.61. The van der Waals surface area contributed by atoms with Gasteiger partial charge in [0.2, 0.25) is 0 Å². The van der Waals surface area contributed by atoms with Crippen molar-refractivity contribution in [2.24, 2.45) is 0 Å². The van der Waals surface area contributed by atoms with Crippen molar-refractivity contribution in [3.8, 4) is 17.2 Å². The summed E-state index contributed by atoms with van der Waals surface area (Å²) in [4.78, 5) is 4.70. The summed E-state index contributed by atoms with van der Waals surface area (Å²) in [6.07, 6.45) is 0.906. The normalized spacial score (nSPS) is 14.1. The van der Waals surface area contributed by atoms with Crippen LogP contribution in [0.2, 0.25) is 0 Å². The molecule has 0 fully saturated rings. The highest BCUT2D eigenvalue weighted by atomic mass is 32.1. The molecule has 0 spiro atoms. The third-order valence-corrected chi connectivity index (χ3v) is 6.25. The molecule has 1 aliphatic rings. The molecule has 3 heterocycles. The van der Waals surface area contributed by atoms with Gasteiger partial charge in [-0.25, -0.2) is 4.98 Å². The molecule has 7 heteroatoms. The van der Waals surface area contributed by atoms with Crippen LogP contribution in [-0.2, 0) is 13.0 Å². The van der Waals surface area contributed by atoms with Crippen molar-refractivity contribution in [1.29, 1.82) is 0 Å². The molecule has 27 heavy (non-hydrogen) atoms. The smallest absolute Gasteiger partial charge is 0.165 e. The largest absolute Gasteiger partial charge is 0.496 e. The molecule has 2 aromatic heterocycles. The lowest BCUT2D eigenvalue weighted by Crippen LogP contribution is -2.23. The van der Waals surface area contributed by atoms with E-state index in [1.54, 1.807) is 29.8 Å². The predicted molar refractivity (Wildman–Crippen MR) is 108 cm³/mol. The molecule has 0 saturated heterocycles. The van der Waals surface area contributed by atoms with Crippen molar-refractivity contribution in [1.82, 2.24) is 10.3 Å². The molecule has 0 unspecified atom stereocenters. The number of hydrogen-bond acceptors (Lipinski definition) is 7. The number of thiazole rings is 1. The fourth-order valence-electron chi connectivity index (χ4n) is 3.10. The third-order valence-electron chi connectivity index (χ3n) is 4.44. The lowest BCUT2D eigenvalue weighted by Gasteiger charge is -2.22. The van der Waals surface area contributed by atoms with Crippen molar-refractivity contribution >= 4 is 22.7 Å². The monoisotopic (exact) mass is 402 g/mol. The van der Waals surface area contributed by atoms with Crippen molar-refractivity contribution < 1.29 is 14.2 Å². The molecule has 142 valence electrons. The molecule has 0 amide bonds. The first-order valence-corrected chi connectivity index (χ1v) is 10.7. The maximum Gasteiger partial charge on any atom is 0.165 e. The van der Waals surface area contributed by atoms with Crippen LogP contribution in [-0.4, -0.2) is 25.3 Å². The van der Waals surface area contributed by atoms with Crippen LogP contribution >= 0.6 is 22.7 Å². The molecule has 0 saturated carbocycles. The second-order valence-corrected chi connectivity index (χ2v) is 8.07. The first kappa shape index (κ1) is 18.3. The molecule has 5 nitrogen and oxygen atoms in total. The average Bonchev–Trinajstić information content (AvgIpc) is 3.36. The number of hydrogen-bond donors (Lipinski definition) is 1. The second kappa shape index (κ2) is 8.29. The molecular formula is C20H22N2O3S2. The molecule has 0 aliphatic carbocycles. The van der Waals surface area contributed by atoms with Gasteiger partial charge in [-0.05, 0) is 41.8 Å². The highest BCUT2D eigenvalue weighted by Crippen LogP contribution is 2.37. The first-order chi connectivity index (χ1) is 13.2. The van der Waals surface area contributed by atoms with Crippen molar-refractivity contribution in [2.75, 3.05) is 20.3 Å². The Balaban J connectivity index is 1.55. The van der Waals surface area contributed by atoms with E-state index in [4.69, 9.17) is 19.2 Å². The van der Waals surface area contributed by atoms with Crippen LogP contribution in [0.15, 0.2) is 34.3 Å². The van der Waals surface area contributed by atoms with E-state index in [0.29, 0.717) is 19.8 Å². The number of ether oxygens (including phenoxy) is 3.